The van der Waals surface area contributed by atoms with Crippen molar-refractivity contribution >= 4 is 36.7 Å². The average Bonchev–Trinajstić information content (AvgIpc) is 3.76. The number of rotatable bonds is 26. The second-order valence-corrected chi connectivity index (χ2v) is 15.7. The second-order valence-electron chi connectivity index (χ2n) is 13.9. The number of carbonyl (C=O) groups is 2. The van der Waals surface area contributed by atoms with Gasteiger partial charge in [-0.1, -0.05) is 114 Å². The molecule has 17 heteroatoms. The summed E-state index contributed by atoms with van der Waals surface area (Å²) in [6, 6.07) is 7.75. The van der Waals surface area contributed by atoms with Gasteiger partial charge in [-0.05, 0) is 24.8 Å². The molecule has 1 aliphatic heterocycles. The Morgan fingerprint density at radius 2 is 1.68 bits per heavy atom. The normalized spacial score (nSPS) is 19.7. The number of nitrogen functional groups attached to an aromatic ring is 1. The number of carbonyl (C=O) groups excluding carboxylic acids is 2. The van der Waals surface area contributed by atoms with Crippen LogP contribution in [-0.4, -0.2) is 80.7 Å². The summed E-state index contributed by atoms with van der Waals surface area (Å²) in [5.74, 6) is 0.708. The average molecular weight is 803 g/mol. The van der Waals surface area contributed by atoms with E-state index in [2.05, 4.69) is 39.8 Å². The Balaban J connectivity index is 1.51. The zero-order valence-electron chi connectivity index (χ0n) is 32.4. The molecule has 1 aromatic carbocycles. The van der Waals surface area contributed by atoms with Crippen molar-refractivity contribution in [3.8, 4) is 12.3 Å². The predicted molar refractivity (Wildman–Crippen MR) is 207 cm³/mol. The third-order valence-corrected chi connectivity index (χ3v) is 11.0. The number of unbranched alkanes of at least 4 members (excludes halogenated alkanes) is 10. The molecule has 0 bridgehead atoms. The van der Waals surface area contributed by atoms with Gasteiger partial charge in [-0.25, -0.2) is 19.4 Å². The van der Waals surface area contributed by atoms with Gasteiger partial charge in [0.1, 0.15) is 25.0 Å². The van der Waals surface area contributed by atoms with Crippen molar-refractivity contribution in [3.63, 3.8) is 0 Å². The first-order chi connectivity index (χ1) is 27.0. The molecule has 5 atom stereocenters. The first-order valence-electron chi connectivity index (χ1n) is 19.5. The number of nitrogens with zero attached hydrogens (tertiary/aromatic N) is 4. The van der Waals surface area contributed by atoms with Gasteiger partial charge in [0, 0.05) is 6.42 Å². The molecule has 0 spiro atoms. The number of fused-ring (bicyclic) bond motifs is 1. The summed E-state index contributed by atoms with van der Waals surface area (Å²) in [6.45, 7) is 3.07. The fraction of sp³-hybridized carbons (Fsp3) is 0.615. The number of terminal acetylenes is 1. The molecule has 15 nitrogen and oxygen atoms in total. The maximum Gasteiger partial charge on any atom is 0.406 e. The number of ether oxygens (including phenoxy) is 3. The van der Waals surface area contributed by atoms with Crippen LogP contribution in [0.1, 0.15) is 109 Å². The van der Waals surface area contributed by atoms with Crippen LogP contribution in [-0.2, 0) is 43.8 Å². The Kier molecular flexibility index (Phi) is 18.1. The highest BCUT2D eigenvalue weighted by molar-refractivity contribution is 7.51. The number of nitrogens with two attached hydrogens (primary N) is 1. The largest absolute Gasteiger partial charge is 0.465 e. The van der Waals surface area contributed by atoms with E-state index in [0.29, 0.717) is 12.8 Å². The Hall–Kier alpha value is -3.97. The first kappa shape index (κ1) is 44.7. The molecule has 3 heterocycles. The summed E-state index contributed by atoms with van der Waals surface area (Å²) in [5, 5.41) is 13.9. The van der Waals surface area contributed by atoms with Gasteiger partial charge in [-0.2, -0.15) is 14.4 Å². The first-order valence-corrected chi connectivity index (χ1v) is 21.1. The summed E-state index contributed by atoms with van der Waals surface area (Å²) < 4.78 is 58.6. The van der Waals surface area contributed by atoms with E-state index in [1.165, 1.54) is 10.9 Å². The molecule has 308 valence electrons. The van der Waals surface area contributed by atoms with E-state index >= 15 is 0 Å². The Bertz CT molecular complexity index is 1780. The Labute approximate surface area is 328 Å². The second kappa shape index (κ2) is 22.7. The maximum atomic E-state index is 14.6. The minimum Gasteiger partial charge on any atom is -0.465 e. The predicted octanol–water partition coefficient (Wildman–Crippen LogP) is 6.35. The minimum atomic E-state index is -4.65. The van der Waals surface area contributed by atoms with Crippen molar-refractivity contribution in [2.24, 2.45) is 0 Å². The van der Waals surface area contributed by atoms with Gasteiger partial charge in [-0.3, -0.25) is 18.4 Å². The van der Waals surface area contributed by atoms with E-state index in [1.54, 1.807) is 24.3 Å². The molecule has 0 radical (unpaired) electrons. The number of hydrogen-bond acceptors (Lipinski definition) is 13. The Morgan fingerprint density at radius 3 is 2.34 bits per heavy atom. The zero-order valence-corrected chi connectivity index (χ0v) is 33.3. The minimum absolute atomic E-state index is 0.000640. The van der Waals surface area contributed by atoms with Crippen molar-refractivity contribution in [1.82, 2.24) is 24.6 Å². The quantitative estimate of drug-likeness (QED) is 0.0267. The Morgan fingerprint density at radius 1 is 1.04 bits per heavy atom. The highest BCUT2D eigenvalue weighted by atomic mass is 31.2. The highest BCUT2D eigenvalue weighted by Crippen LogP contribution is 2.48. The lowest BCUT2D eigenvalue weighted by atomic mass is 9.99. The number of imidazole rings is 1. The number of esters is 2. The molecule has 2 aromatic heterocycles. The van der Waals surface area contributed by atoms with Gasteiger partial charge in [0.2, 0.25) is 0 Å². The van der Waals surface area contributed by atoms with E-state index in [9.17, 15) is 23.7 Å². The van der Waals surface area contributed by atoms with Crippen LogP contribution in [0.3, 0.4) is 0 Å². The van der Waals surface area contributed by atoms with Crippen molar-refractivity contribution in [2.45, 2.75) is 128 Å². The van der Waals surface area contributed by atoms with Crippen LogP contribution in [0.25, 0.3) is 11.2 Å². The number of aromatic nitrogens is 4. The molecule has 0 unspecified atom stereocenters. The SMILES string of the molecule is C#C[C@]1(CO[P@](=O)(N[C@@H](Cc2ccccc2)C(=O)OCCCCCCCC)OCC(=O)OCCCCCCCC)O[C@@H](n2cnc3c(N)nc(F)nc32)C[C@@H]1O. The molecule has 0 amide bonds. The third-order valence-electron chi connectivity index (χ3n) is 9.47. The molecule has 0 aliphatic carbocycles. The number of aliphatic hydroxyl groups excluding tert-OH is 1. The molecule has 56 heavy (non-hydrogen) atoms. The summed E-state index contributed by atoms with van der Waals surface area (Å²) in [7, 11) is -4.65. The topological polar surface area (TPSA) is 199 Å². The zero-order chi connectivity index (χ0) is 40.4. The molecule has 4 rings (SSSR count). The van der Waals surface area contributed by atoms with Crippen molar-refractivity contribution in [2.75, 3.05) is 32.2 Å². The number of hydrogen-bond donors (Lipinski definition) is 3. The fourth-order valence-electron chi connectivity index (χ4n) is 6.26. The van der Waals surface area contributed by atoms with Gasteiger partial charge >= 0.3 is 25.8 Å². The van der Waals surface area contributed by atoms with Crippen molar-refractivity contribution in [3.05, 3.63) is 48.3 Å². The van der Waals surface area contributed by atoms with Crippen LogP contribution in [0.15, 0.2) is 36.7 Å². The summed E-state index contributed by atoms with van der Waals surface area (Å²) >= 11 is 0. The standard InChI is InChI=1S/C39H56FN6O9P/c1-4-7-9-11-13-18-22-51-33(48)26-53-56(50,45-30(24-29-20-16-15-17-21-29)37(49)52-23-19-14-12-10-8-5-2)54-27-39(6-3)31(47)25-32(55-39)46-28-42-34-35(41)43-38(40)44-36(34)46/h3,15-17,20-21,28,30-32,47H,4-5,7-14,18-19,22-27H2,1-2H3,(H,45,50)(H2,41,43,44)/t30-,31-,32+,39+,56-/m0/s1. The number of benzene rings is 1. The molecule has 3 aromatic rings. The molecule has 1 saturated heterocycles. The number of nitrogens with one attached hydrogen (secondary N) is 1. The van der Waals surface area contributed by atoms with Crippen LogP contribution in [0.2, 0.25) is 0 Å². The number of anilines is 1. The maximum absolute atomic E-state index is 14.6. The van der Waals surface area contributed by atoms with Crippen LogP contribution in [0.5, 0.6) is 0 Å². The van der Waals surface area contributed by atoms with Gasteiger partial charge in [0.05, 0.1) is 19.5 Å². The van der Waals surface area contributed by atoms with E-state index in [4.69, 9.17) is 35.4 Å². The van der Waals surface area contributed by atoms with Crippen LogP contribution in [0, 0.1) is 18.4 Å². The number of halogens is 1. The van der Waals surface area contributed by atoms with Crippen molar-refractivity contribution in [1.29, 1.82) is 0 Å². The lowest BCUT2D eigenvalue weighted by molar-refractivity contribution is -0.146. The molecule has 4 N–H and O–H groups in total. The fourth-order valence-corrected chi connectivity index (χ4v) is 7.70. The van der Waals surface area contributed by atoms with Gasteiger partial charge in [-0.15, -0.1) is 6.42 Å². The van der Waals surface area contributed by atoms with Crippen LogP contribution < -0.4 is 10.8 Å². The summed E-state index contributed by atoms with van der Waals surface area (Å²) in [4.78, 5) is 37.7. The molecule has 1 aliphatic rings. The highest BCUT2D eigenvalue weighted by Gasteiger charge is 2.50. The van der Waals surface area contributed by atoms with Gasteiger partial charge in [0.15, 0.2) is 29.2 Å². The van der Waals surface area contributed by atoms with Gasteiger partial charge < -0.3 is 25.1 Å². The monoisotopic (exact) mass is 802 g/mol. The number of aliphatic hydroxyl groups is 1. The molecular weight excluding hydrogens is 746 g/mol. The van der Waals surface area contributed by atoms with E-state index < -0.39 is 63.0 Å². The van der Waals surface area contributed by atoms with Crippen LogP contribution >= 0.6 is 7.75 Å². The van der Waals surface area contributed by atoms with E-state index in [1.807, 2.05) is 6.07 Å². The lowest BCUT2D eigenvalue weighted by Crippen LogP contribution is -2.44. The lowest BCUT2D eigenvalue weighted by Gasteiger charge is -2.30. The van der Waals surface area contributed by atoms with E-state index in [0.717, 1.165) is 69.8 Å². The van der Waals surface area contributed by atoms with E-state index in [-0.39, 0.29) is 43.0 Å². The smallest absolute Gasteiger partial charge is 0.406 e. The van der Waals surface area contributed by atoms with Crippen LogP contribution in [0.4, 0.5) is 10.2 Å². The molecular formula is C39H56FN6O9P. The van der Waals surface area contributed by atoms with Crippen molar-refractivity contribution < 1.29 is 46.9 Å². The van der Waals surface area contributed by atoms with Gasteiger partial charge in [0.25, 0.3) is 0 Å². The third kappa shape index (κ3) is 13.3. The summed E-state index contributed by atoms with van der Waals surface area (Å²) in [6.07, 6.45) is 15.4. The summed E-state index contributed by atoms with van der Waals surface area (Å²) in [5.41, 5.74) is 4.72. The molecule has 0 saturated carbocycles. The molecule has 1 fully saturated rings.